The molecule has 1 saturated heterocycles. The second-order valence-corrected chi connectivity index (χ2v) is 8.92. The van der Waals surface area contributed by atoms with Gasteiger partial charge < -0.3 is 20.5 Å². The van der Waals surface area contributed by atoms with Crippen LogP contribution in [-0.2, 0) is 4.79 Å². The summed E-state index contributed by atoms with van der Waals surface area (Å²) in [7, 11) is 0. The van der Waals surface area contributed by atoms with E-state index in [1.165, 1.54) is 18.5 Å². The molecular formula is C25H27N7O. The number of hydrogen-bond acceptors (Lipinski definition) is 6. The molecule has 1 saturated carbocycles. The van der Waals surface area contributed by atoms with Gasteiger partial charge in [-0.05, 0) is 48.6 Å². The smallest absolute Gasteiger partial charge is 0.276 e. The molecule has 0 atom stereocenters. The third-order valence-electron chi connectivity index (χ3n) is 6.49. The molecule has 3 aliphatic rings. The minimum Gasteiger partial charge on any atom is -0.369 e. The van der Waals surface area contributed by atoms with Gasteiger partial charge in [-0.1, -0.05) is 12.1 Å². The first kappa shape index (κ1) is 20.0. The summed E-state index contributed by atoms with van der Waals surface area (Å²) in [5.41, 5.74) is 5.50. The standard InChI is InChI=1S/C25H27N7O/c33-24-22(30-25(31-24)29-13-16-1-2-16)12-19-15-28-23-21(19)11-18(14-27-23)17-3-5-20(6-4-17)32-9-7-26-8-10-32/h3-6,11-12,14-16,26H,1-2,7-10,13H2,(H,27,28)(H2,29,30,31,33)/b22-12-. The number of carbonyl (C=O) groups is 1. The van der Waals surface area contributed by atoms with Gasteiger partial charge in [-0.15, -0.1) is 0 Å². The first-order valence-electron chi connectivity index (χ1n) is 11.6. The maximum atomic E-state index is 12.4. The molecule has 2 aromatic heterocycles. The zero-order valence-electron chi connectivity index (χ0n) is 18.4. The minimum atomic E-state index is -0.185. The van der Waals surface area contributed by atoms with Crippen molar-refractivity contribution in [2.24, 2.45) is 10.9 Å². The lowest BCUT2D eigenvalue weighted by Gasteiger charge is -2.29. The van der Waals surface area contributed by atoms with Crippen molar-refractivity contribution in [2.45, 2.75) is 12.8 Å². The number of guanidine groups is 1. The molecule has 3 aromatic rings. The molecule has 33 heavy (non-hydrogen) atoms. The summed E-state index contributed by atoms with van der Waals surface area (Å²) in [6.07, 6.45) is 8.08. The molecule has 4 N–H and O–H groups in total. The number of fused-ring (bicyclic) bond motifs is 1. The summed E-state index contributed by atoms with van der Waals surface area (Å²) < 4.78 is 0. The number of nitrogens with zero attached hydrogens (tertiary/aromatic N) is 3. The van der Waals surface area contributed by atoms with Crippen LogP contribution in [0, 0.1) is 5.92 Å². The van der Waals surface area contributed by atoms with E-state index in [-0.39, 0.29) is 5.91 Å². The zero-order chi connectivity index (χ0) is 22.2. The lowest BCUT2D eigenvalue weighted by atomic mass is 10.0. The van der Waals surface area contributed by atoms with Gasteiger partial charge >= 0.3 is 0 Å². The molecule has 0 bridgehead atoms. The number of rotatable bonds is 5. The highest BCUT2D eigenvalue weighted by Gasteiger charge is 2.25. The topological polar surface area (TPSA) is 97.4 Å². The predicted octanol–water partition coefficient (Wildman–Crippen LogP) is 2.47. The number of aliphatic imine (C=N–C) groups is 1. The minimum absolute atomic E-state index is 0.185. The van der Waals surface area contributed by atoms with Crippen LogP contribution in [-0.4, -0.2) is 54.6 Å². The van der Waals surface area contributed by atoms with Gasteiger partial charge in [0.1, 0.15) is 11.3 Å². The Balaban J connectivity index is 1.25. The van der Waals surface area contributed by atoms with Crippen molar-refractivity contribution in [1.29, 1.82) is 0 Å². The Labute approximate surface area is 192 Å². The highest BCUT2D eigenvalue weighted by atomic mass is 16.2. The molecule has 2 fully saturated rings. The number of aromatic amines is 1. The number of amides is 1. The largest absolute Gasteiger partial charge is 0.369 e. The number of aromatic nitrogens is 2. The number of carbonyl (C=O) groups excluding carboxylic acids is 1. The quantitative estimate of drug-likeness (QED) is 0.456. The van der Waals surface area contributed by atoms with Gasteiger partial charge in [0.05, 0.1) is 0 Å². The fourth-order valence-electron chi connectivity index (χ4n) is 4.35. The van der Waals surface area contributed by atoms with E-state index in [4.69, 9.17) is 0 Å². The number of piperazine rings is 1. The number of hydrogen-bond donors (Lipinski definition) is 4. The molecule has 0 unspecified atom stereocenters. The highest BCUT2D eigenvalue weighted by Crippen LogP contribution is 2.29. The number of anilines is 1. The van der Waals surface area contributed by atoms with Crippen molar-refractivity contribution in [3.8, 4) is 11.1 Å². The summed E-state index contributed by atoms with van der Waals surface area (Å²) in [6, 6.07) is 10.8. The Hall–Kier alpha value is -3.65. The van der Waals surface area contributed by atoms with Gasteiger partial charge in [-0.2, -0.15) is 0 Å². The van der Waals surface area contributed by atoms with Crippen LogP contribution in [0.4, 0.5) is 5.69 Å². The number of benzene rings is 1. The first-order chi connectivity index (χ1) is 16.2. The monoisotopic (exact) mass is 441 g/mol. The van der Waals surface area contributed by atoms with Crippen LogP contribution in [0.1, 0.15) is 18.4 Å². The molecular weight excluding hydrogens is 414 g/mol. The summed E-state index contributed by atoms with van der Waals surface area (Å²) >= 11 is 0. The Morgan fingerprint density at radius 2 is 1.94 bits per heavy atom. The van der Waals surface area contributed by atoms with Crippen LogP contribution >= 0.6 is 0 Å². The molecule has 6 rings (SSSR count). The number of pyridine rings is 1. The first-order valence-corrected chi connectivity index (χ1v) is 11.6. The van der Waals surface area contributed by atoms with E-state index in [1.807, 2.05) is 18.5 Å². The van der Waals surface area contributed by atoms with Crippen molar-refractivity contribution in [1.82, 2.24) is 25.9 Å². The maximum Gasteiger partial charge on any atom is 0.276 e. The summed E-state index contributed by atoms with van der Waals surface area (Å²) in [6.45, 7) is 4.97. The number of H-pyrrole nitrogens is 1. The van der Waals surface area contributed by atoms with E-state index in [0.717, 1.165) is 60.4 Å². The third kappa shape index (κ3) is 4.21. The third-order valence-corrected chi connectivity index (χ3v) is 6.49. The lowest BCUT2D eigenvalue weighted by Crippen LogP contribution is -2.43. The second-order valence-electron chi connectivity index (χ2n) is 8.92. The average Bonchev–Trinajstić information content (AvgIpc) is 3.52. The molecule has 1 aromatic carbocycles. The molecule has 0 spiro atoms. The molecule has 8 nitrogen and oxygen atoms in total. The van der Waals surface area contributed by atoms with Crippen molar-refractivity contribution < 1.29 is 4.79 Å². The Morgan fingerprint density at radius 3 is 2.73 bits per heavy atom. The van der Waals surface area contributed by atoms with Gasteiger partial charge in [0.15, 0.2) is 0 Å². The Kier molecular flexibility index (Phi) is 5.07. The molecule has 1 amide bonds. The van der Waals surface area contributed by atoms with E-state index >= 15 is 0 Å². The SMILES string of the molecule is O=C1NC(NCC2CC2)=N/C1=C\c1c[nH]c2ncc(-c3ccc(N4CCNCC4)cc3)cc12. The van der Waals surface area contributed by atoms with Gasteiger partial charge in [0.25, 0.3) is 5.91 Å². The molecule has 1 aliphatic carbocycles. The molecule has 4 heterocycles. The van der Waals surface area contributed by atoms with E-state index < -0.39 is 0 Å². The van der Waals surface area contributed by atoms with Gasteiger partial charge in [-0.25, -0.2) is 9.98 Å². The van der Waals surface area contributed by atoms with Crippen LogP contribution in [0.15, 0.2) is 53.4 Å². The predicted molar refractivity (Wildman–Crippen MR) is 131 cm³/mol. The van der Waals surface area contributed by atoms with Gasteiger partial charge in [-0.3, -0.25) is 10.1 Å². The van der Waals surface area contributed by atoms with Crippen molar-refractivity contribution in [2.75, 3.05) is 37.6 Å². The van der Waals surface area contributed by atoms with E-state index in [2.05, 4.69) is 66.1 Å². The van der Waals surface area contributed by atoms with Crippen LogP contribution in [0.3, 0.4) is 0 Å². The molecule has 168 valence electrons. The van der Waals surface area contributed by atoms with E-state index in [1.54, 1.807) is 0 Å². The second kappa shape index (κ2) is 8.37. The number of nitrogens with one attached hydrogen (secondary N) is 4. The van der Waals surface area contributed by atoms with Crippen molar-refractivity contribution >= 4 is 34.7 Å². The molecule has 2 aliphatic heterocycles. The van der Waals surface area contributed by atoms with Gasteiger partial charge in [0.2, 0.25) is 5.96 Å². The lowest BCUT2D eigenvalue weighted by molar-refractivity contribution is -0.115. The highest BCUT2D eigenvalue weighted by molar-refractivity contribution is 6.14. The normalized spacial score (nSPS) is 19.8. The van der Waals surface area contributed by atoms with Crippen LogP contribution in [0.25, 0.3) is 28.2 Å². The summed E-state index contributed by atoms with van der Waals surface area (Å²) in [4.78, 5) is 27.0. The van der Waals surface area contributed by atoms with Crippen molar-refractivity contribution in [3.63, 3.8) is 0 Å². The Bertz CT molecular complexity index is 1250. The summed E-state index contributed by atoms with van der Waals surface area (Å²) in [5, 5.41) is 10.4. The van der Waals surface area contributed by atoms with E-state index in [9.17, 15) is 4.79 Å². The average molecular weight is 442 g/mol. The van der Waals surface area contributed by atoms with Crippen molar-refractivity contribution in [3.05, 3.63) is 54.0 Å². The molecule has 8 heteroatoms. The fourth-order valence-corrected chi connectivity index (χ4v) is 4.35. The molecule has 0 radical (unpaired) electrons. The maximum absolute atomic E-state index is 12.4. The van der Waals surface area contributed by atoms with Gasteiger partial charge in [0, 0.05) is 67.3 Å². The summed E-state index contributed by atoms with van der Waals surface area (Å²) in [5.74, 6) is 1.07. The van der Waals surface area contributed by atoms with Crippen LogP contribution in [0.2, 0.25) is 0 Å². The van der Waals surface area contributed by atoms with Crippen LogP contribution in [0.5, 0.6) is 0 Å². The zero-order valence-corrected chi connectivity index (χ0v) is 18.4. The van der Waals surface area contributed by atoms with E-state index in [0.29, 0.717) is 17.6 Å². The fraction of sp³-hybridized carbons (Fsp3) is 0.320. The van der Waals surface area contributed by atoms with Crippen LogP contribution < -0.4 is 20.9 Å². The Morgan fingerprint density at radius 1 is 1.12 bits per heavy atom.